The molecular formula is C53H37NO. The number of hydrogen-bond donors (Lipinski definition) is 0. The predicted molar refractivity (Wildman–Crippen MR) is 232 cm³/mol. The smallest absolute Gasteiger partial charge is 0.143 e. The van der Waals surface area contributed by atoms with Crippen LogP contribution in [0.2, 0.25) is 0 Å². The van der Waals surface area contributed by atoms with Crippen molar-refractivity contribution in [1.82, 2.24) is 0 Å². The van der Waals surface area contributed by atoms with E-state index in [4.69, 9.17) is 4.42 Å². The van der Waals surface area contributed by atoms with Gasteiger partial charge in [0.1, 0.15) is 11.2 Å². The molecule has 0 unspecified atom stereocenters. The lowest BCUT2D eigenvalue weighted by atomic mass is 9.82. The van der Waals surface area contributed by atoms with Crippen LogP contribution in [0, 0.1) is 0 Å². The summed E-state index contributed by atoms with van der Waals surface area (Å²) in [4.78, 5) is 2.40. The lowest BCUT2D eigenvalue weighted by molar-refractivity contribution is 0.660. The summed E-state index contributed by atoms with van der Waals surface area (Å²) >= 11 is 0. The number of para-hydroxylation sites is 1. The van der Waals surface area contributed by atoms with Gasteiger partial charge in [-0.15, -0.1) is 0 Å². The van der Waals surface area contributed by atoms with Crippen molar-refractivity contribution in [1.29, 1.82) is 0 Å². The first-order valence-electron chi connectivity index (χ1n) is 19.1. The Kier molecular flexibility index (Phi) is 6.93. The zero-order valence-corrected chi connectivity index (χ0v) is 30.8. The molecule has 0 N–H and O–H groups in total. The first-order chi connectivity index (χ1) is 27.0. The topological polar surface area (TPSA) is 16.4 Å². The Morgan fingerprint density at radius 2 is 0.982 bits per heavy atom. The Morgan fingerprint density at radius 3 is 1.80 bits per heavy atom. The number of anilines is 3. The molecule has 0 fully saturated rings. The van der Waals surface area contributed by atoms with Crippen LogP contribution < -0.4 is 4.90 Å². The van der Waals surface area contributed by atoms with Crippen molar-refractivity contribution in [2.45, 2.75) is 19.3 Å². The van der Waals surface area contributed by atoms with Crippen molar-refractivity contribution in [3.8, 4) is 33.4 Å². The fourth-order valence-corrected chi connectivity index (χ4v) is 8.96. The van der Waals surface area contributed by atoms with Gasteiger partial charge in [0.2, 0.25) is 0 Å². The van der Waals surface area contributed by atoms with E-state index >= 15 is 0 Å². The van der Waals surface area contributed by atoms with Crippen molar-refractivity contribution in [3.05, 3.63) is 199 Å². The summed E-state index contributed by atoms with van der Waals surface area (Å²) in [6, 6.07) is 68.5. The van der Waals surface area contributed by atoms with Gasteiger partial charge in [-0.1, -0.05) is 141 Å². The molecule has 1 aliphatic carbocycles. The molecule has 0 atom stereocenters. The number of benzene rings is 9. The molecule has 1 aliphatic rings. The molecule has 2 nitrogen and oxygen atoms in total. The first kappa shape index (κ1) is 31.6. The highest BCUT2D eigenvalue weighted by Crippen LogP contribution is 2.51. The van der Waals surface area contributed by atoms with Gasteiger partial charge in [0, 0.05) is 38.8 Å². The fraction of sp³-hybridized carbons (Fsp3) is 0.0566. The summed E-state index contributed by atoms with van der Waals surface area (Å²) in [7, 11) is 0. The van der Waals surface area contributed by atoms with Gasteiger partial charge >= 0.3 is 0 Å². The van der Waals surface area contributed by atoms with Crippen molar-refractivity contribution in [2.24, 2.45) is 0 Å². The van der Waals surface area contributed by atoms with E-state index in [0.29, 0.717) is 0 Å². The summed E-state index contributed by atoms with van der Waals surface area (Å²) < 4.78 is 6.63. The van der Waals surface area contributed by atoms with E-state index < -0.39 is 0 Å². The van der Waals surface area contributed by atoms with Gasteiger partial charge in [0.15, 0.2) is 0 Å². The maximum absolute atomic E-state index is 6.63. The van der Waals surface area contributed by atoms with Gasteiger partial charge in [-0.3, -0.25) is 0 Å². The average molecular weight is 704 g/mol. The van der Waals surface area contributed by atoms with Crippen LogP contribution in [0.15, 0.2) is 192 Å². The Labute approximate surface area is 320 Å². The van der Waals surface area contributed by atoms with Crippen LogP contribution in [0.3, 0.4) is 0 Å². The Hall–Kier alpha value is -6.90. The highest BCUT2D eigenvalue weighted by Gasteiger charge is 2.35. The van der Waals surface area contributed by atoms with Crippen molar-refractivity contribution >= 4 is 60.5 Å². The number of fused-ring (bicyclic) bond motifs is 8. The molecule has 0 saturated heterocycles. The maximum Gasteiger partial charge on any atom is 0.143 e. The van der Waals surface area contributed by atoms with Crippen molar-refractivity contribution < 1.29 is 4.42 Å². The minimum Gasteiger partial charge on any atom is -0.455 e. The van der Waals surface area contributed by atoms with Crippen LogP contribution in [0.1, 0.15) is 25.0 Å². The molecule has 0 amide bonds. The van der Waals surface area contributed by atoms with E-state index in [1.54, 1.807) is 0 Å². The molecule has 9 aromatic carbocycles. The van der Waals surface area contributed by atoms with E-state index in [1.807, 2.05) is 6.07 Å². The maximum atomic E-state index is 6.63. The van der Waals surface area contributed by atoms with E-state index in [1.165, 1.54) is 54.9 Å². The number of hydrogen-bond acceptors (Lipinski definition) is 2. The summed E-state index contributed by atoms with van der Waals surface area (Å²) in [5.74, 6) is 0. The van der Waals surface area contributed by atoms with Crippen LogP contribution >= 0.6 is 0 Å². The van der Waals surface area contributed by atoms with Crippen molar-refractivity contribution in [3.63, 3.8) is 0 Å². The first-order valence-corrected chi connectivity index (χ1v) is 19.1. The Bertz CT molecular complexity index is 3130. The molecule has 2 heteroatoms. The summed E-state index contributed by atoms with van der Waals surface area (Å²) in [6.07, 6.45) is 0. The van der Waals surface area contributed by atoms with Gasteiger partial charge in [-0.25, -0.2) is 0 Å². The second-order valence-electron chi connectivity index (χ2n) is 15.4. The van der Waals surface area contributed by atoms with Crippen LogP contribution in [-0.4, -0.2) is 0 Å². The lowest BCUT2D eigenvalue weighted by Crippen LogP contribution is -2.16. The van der Waals surface area contributed by atoms with E-state index in [2.05, 4.69) is 201 Å². The third-order valence-electron chi connectivity index (χ3n) is 11.8. The molecule has 0 bridgehead atoms. The van der Waals surface area contributed by atoms with Gasteiger partial charge in [-0.2, -0.15) is 0 Å². The van der Waals surface area contributed by atoms with Crippen LogP contribution in [0.4, 0.5) is 17.1 Å². The van der Waals surface area contributed by atoms with Crippen LogP contribution in [0.25, 0.3) is 76.9 Å². The summed E-state index contributed by atoms with van der Waals surface area (Å²) in [6.45, 7) is 4.70. The van der Waals surface area contributed by atoms with Gasteiger partial charge in [-0.05, 0) is 121 Å². The largest absolute Gasteiger partial charge is 0.455 e. The SMILES string of the molecule is CC1(C)c2ccccc2-c2ccc(N(c3ccc(-c4cc(-c5ccc6ccccc6c5)cc5c4oc4ccccc45)cc3)c3ccc4ccccc4c3)cc21. The van der Waals surface area contributed by atoms with Gasteiger partial charge in [0.05, 0.1) is 0 Å². The molecule has 0 spiro atoms. The molecule has 11 rings (SSSR count). The van der Waals surface area contributed by atoms with Gasteiger partial charge in [0.25, 0.3) is 0 Å². The second kappa shape index (κ2) is 12.1. The standard InChI is InChI=1S/C53H37NO/c1-53(2)49-17-9-7-15-44(49)45-28-27-43(33-50(45)53)54(42-26-21-35-12-4-6-14-38(35)30-42)41-24-22-36(23-25-41)47-31-40(39-20-19-34-11-3-5-13-37(34)29-39)32-48-46-16-8-10-18-51(46)55-52(47)48/h3-33H,1-2H3. The van der Waals surface area contributed by atoms with Gasteiger partial charge < -0.3 is 9.32 Å². The monoisotopic (exact) mass is 703 g/mol. The van der Waals surface area contributed by atoms with E-state index in [-0.39, 0.29) is 5.41 Å². The molecule has 0 radical (unpaired) electrons. The van der Waals surface area contributed by atoms with E-state index in [0.717, 1.165) is 50.1 Å². The van der Waals surface area contributed by atoms with Crippen molar-refractivity contribution in [2.75, 3.05) is 4.90 Å². The number of rotatable bonds is 5. The van der Waals surface area contributed by atoms with Crippen LogP contribution in [-0.2, 0) is 5.41 Å². The third kappa shape index (κ3) is 5.02. The zero-order chi connectivity index (χ0) is 36.7. The Morgan fingerprint density at radius 1 is 0.382 bits per heavy atom. The minimum absolute atomic E-state index is 0.102. The van der Waals surface area contributed by atoms with E-state index in [9.17, 15) is 0 Å². The summed E-state index contributed by atoms with van der Waals surface area (Å²) in [5, 5.41) is 7.17. The predicted octanol–water partition coefficient (Wildman–Crippen LogP) is 15.0. The molecule has 1 heterocycles. The third-order valence-corrected chi connectivity index (χ3v) is 11.8. The molecule has 10 aromatic rings. The fourth-order valence-electron chi connectivity index (χ4n) is 8.96. The quantitative estimate of drug-likeness (QED) is 0.177. The molecule has 0 aliphatic heterocycles. The molecule has 55 heavy (non-hydrogen) atoms. The second-order valence-corrected chi connectivity index (χ2v) is 15.4. The number of furan rings is 1. The zero-order valence-electron chi connectivity index (χ0n) is 30.8. The highest BCUT2D eigenvalue weighted by molar-refractivity contribution is 6.11. The highest BCUT2D eigenvalue weighted by atomic mass is 16.3. The lowest BCUT2D eigenvalue weighted by Gasteiger charge is -2.28. The normalized spacial score (nSPS) is 13.1. The molecule has 1 aromatic heterocycles. The average Bonchev–Trinajstić information content (AvgIpc) is 3.72. The van der Waals surface area contributed by atoms with Crippen LogP contribution in [0.5, 0.6) is 0 Å². The molecule has 0 saturated carbocycles. The number of nitrogens with zero attached hydrogens (tertiary/aromatic N) is 1. The summed E-state index contributed by atoms with van der Waals surface area (Å²) in [5.41, 5.74) is 15.0. The molecular weight excluding hydrogens is 667 g/mol. The minimum atomic E-state index is -0.102. The Balaban J connectivity index is 1.07. The molecule has 260 valence electrons.